The third kappa shape index (κ3) is 8.83. The fourth-order valence-electron chi connectivity index (χ4n) is 4.46. The largest absolute Gasteiger partial charge is 0.454 e. The molecule has 4 rings (SSSR count). The highest BCUT2D eigenvalue weighted by Crippen LogP contribution is 2.36. The molecule has 2 N–H and O–H groups in total. The van der Waals surface area contributed by atoms with Crippen molar-refractivity contribution in [1.82, 2.24) is 34.4 Å². The normalized spacial score (nSPS) is 14.1. The van der Waals surface area contributed by atoms with Gasteiger partial charge in [0.2, 0.25) is 5.13 Å². The molecule has 3 aromatic heterocycles. The predicted molar refractivity (Wildman–Crippen MR) is 170 cm³/mol. The Morgan fingerprint density at radius 3 is 2.56 bits per heavy atom. The second-order valence-electron chi connectivity index (χ2n) is 11.7. The van der Waals surface area contributed by atoms with Gasteiger partial charge in [-0.2, -0.15) is 4.37 Å². The number of aryl methyl sites for hydroxylation is 1. The number of anilines is 2. The number of ether oxygens (including phenoxy) is 2. The van der Waals surface area contributed by atoms with Gasteiger partial charge < -0.3 is 29.9 Å². The number of hydrogen-bond acceptors (Lipinski definition) is 11. The van der Waals surface area contributed by atoms with E-state index in [-0.39, 0.29) is 17.9 Å². The fraction of sp³-hybridized carbons (Fsp3) is 0.517. The van der Waals surface area contributed by atoms with Crippen LogP contribution >= 0.6 is 27.5 Å². The van der Waals surface area contributed by atoms with Crippen LogP contribution in [0.5, 0.6) is 11.5 Å². The number of amides is 2. The topological polar surface area (TPSA) is 135 Å². The molecule has 1 aliphatic heterocycles. The van der Waals surface area contributed by atoms with E-state index in [1.807, 2.05) is 53.6 Å². The molecule has 1 saturated heterocycles. The maximum Gasteiger partial charge on any atom is 0.410 e. The maximum absolute atomic E-state index is 12.8. The SMILES string of the molecule is Cc1ncc(C(=O)NCCN(C)C)c(C)c1Oc1cc(Nc2nc(C3CCN(C(=O)OC(C)(C)C)CC3)ns2)ncc1Br. The van der Waals surface area contributed by atoms with Gasteiger partial charge in [0.25, 0.3) is 5.91 Å². The number of carbonyl (C=O) groups is 2. The first-order chi connectivity index (χ1) is 20.3. The van der Waals surface area contributed by atoms with Crippen LogP contribution < -0.4 is 15.4 Å². The first-order valence-corrected chi connectivity index (χ1v) is 15.7. The monoisotopic (exact) mass is 674 g/mol. The second-order valence-corrected chi connectivity index (χ2v) is 13.3. The van der Waals surface area contributed by atoms with E-state index in [2.05, 4.69) is 40.9 Å². The number of rotatable bonds is 9. The highest BCUT2D eigenvalue weighted by molar-refractivity contribution is 9.10. The molecule has 12 nitrogen and oxygen atoms in total. The van der Waals surface area contributed by atoms with Gasteiger partial charge in [-0.1, -0.05) is 0 Å². The number of likely N-dealkylation sites (tertiary alicyclic amines) is 1. The molecule has 232 valence electrons. The van der Waals surface area contributed by atoms with Gasteiger partial charge >= 0.3 is 6.09 Å². The van der Waals surface area contributed by atoms with Crippen molar-refractivity contribution in [2.45, 2.75) is 59.0 Å². The van der Waals surface area contributed by atoms with Crippen molar-refractivity contribution in [1.29, 1.82) is 0 Å². The van der Waals surface area contributed by atoms with Crippen molar-refractivity contribution in [3.05, 3.63) is 45.6 Å². The molecule has 1 fully saturated rings. The van der Waals surface area contributed by atoms with Crippen LogP contribution in [-0.4, -0.2) is 87.0 Å². The second kappa shape index (κ2) is 14.0. The van der Waals surface area contributed by atoms with Crippen molar-refractivity contribution in [3.63, 3.8) is 0 Å². The summed E-state index contributed by atoms with van der Waals surface area (Å²) in [6.45, 7) is 11.7. The molecule has 0 aliphatic carbocycles. The lowest BCUT2D eigenvalue weighted by atomic mass is 9.96. The zero-order chi connectivity index (χ0) is 31.3. The van der Waals surface area contributed by atoms with Gasteiger partial charge in [-0.05, 0) is 77.5 Å². The van der Waals surface area contributed by atoms with Crippen LogP contribution in [0, 0.1) is 13.8 Å². The van der Waals surface area contributed by atoms with Crippen LogP contribution in [0.15, 0.2) is 22.9 Å². The first kappa shape index (κ1) is 32.6. The lowest BCUT2D eigenvalue weighted by Gasteiger charge is -2.32. The lowest BCUT2D eigenvalue weighted by Crippen LogP contribution is -2.41. The lowest BCUT2D eigenvalue weighted by molar-refractivity contribution is 0.0203. The van der Waals surface area contributed by atoms with E-state index >= 15 is 0 Å². The van der Waals surface area contributed by atoms with Crippen LogP contribution in [0.3, 0.4) is 0 Å². The van der Waals surface area contributed by atoms with Crippen LogP contribution in [-0.2, 0) is 4.74 Å². The van der Waals surface area contributed by atoms with Crippen LogP contribution in [0.2, 0.25) is 0 Å². The van der Waals surface area contributed by atoms with Gasteiger partial charge in [0.05, 0.1) is 15.7 Å². The Morgan fingerprint density at radius 2 is 1.88 bits per heavy atom. The molecule has 14 heteroatoms. The average molecular weight is 676 g/mol. The summed E-state index contributed by atoms with van der Waals surface area (Å²) in [6.07, 6.45) is 4.47. The number of aromatic nitrogens is 4. The molecule has 0 radical (unpaired) electrons. The van der Waals surface area contributed by atoms with E-state index in [9.17, 15) is 9.59 Å². The van der Waals surface area contributed by atoms with Gasteiger partial charge in [-0.3, -0.25) is 9.78 Å². The summed E-state index contributed by atoms with van der Waals surface area (Å²) < 4.78 is 17.0. The van der Waals surface area contributed by atoms with E-state index in [0.717, 1.165) is 25.2 Å². The molecule has 0 spiro atoms. The number of nitrogens with one attached hydrogen (secondary N) is 2. The van der Waals surface area contributed by atoms with Gasteiger partial charge in [-0.15, -0.1) is 0 Å². The predicted octanol–water partition coefficient (Wildman–Crippen LogP) is 5.65. The minimum atomic E-state index is -0.516. The zero-order valence-corrected chi connectivity index (χ0v) is 28.1. The average Bonchev–Trinajstić information content (AvgIpc) is 3.40. The third-order valence-electron chi connectivity index (χ3n) is 6.77. The summed E-state index contributed by atoms with van der Waals surface area (Å²) >= 11 is 4.78. The van der Waals surface area contributed by atoms with E-state index in [0.29, 0.717) is 63.4 Å². The van der Waals surface area contributed by atoms with Gasteiger partial charge in [0, 0.05) is 67.7 Å². The Labute approximate surface area is 264 Å². The molecule has 3 aromatic rings. The molecular weight excluding hydrogens is 636 g/mol. The molecule has 4 heterocycles. The number of halogens is 1. The number of piperidine rings is 1. The Balaban J connectivity index is 1.41. The van der Waals surface area contributed by atoms with E-state index < -0.39 is 5.60 Å². The van der Waals surface area contributed by atoms with Crippen molar-refractivity contribution in [3.8, 4) is 11.5 Å². The molecule has 1 aliphatic rings. The summed E-state index contributed by atoms with van der Waals surface area (Å²) in [4.78, 5) is 42.5. The van der Waals surface area contributed by atoms with Crippen molar-refractivity contribution < 1.29 is 19.1 Å². The summed E-state index contributed by atoms with van der Waals surface area (Å²) in [6, 6.07) is 1.76. The number of carbonyl (C=O) groups excluding carboxylic acids is 2. The molecule has 0 atom stereocenters. The molecule has 43 heavy (non-hydrogen) atoms. The van der Waals surface area contributed by atoms with Gasteiger partial charge in [0.15, 0.2) is 5.75 Å². The van der Waals surface area contributed by atoms with Crippen LogP contribution in [0.1, 0.15) is 67.0 Å². The molecule has 2 amide bonds. The Hall–Kier alpha value is -3.36. The van der Waals surface area contributed by atoms with Crippen LogP contribution in [0.25, 0.3) is 0 Å². The smallest absolute Gasteiger partial charge is 0.410 e. The molecular formula is C29H39BrN8O4S. The molecule has 0 bridgehead atoms. The Kier molecular flexibility index (Phi) is 10.6. The Bertz CT molecular complexity index is 1450. The van der Waals surface area contributed by atoms with Crippen molar-refractivity contribution >= 4 is 50.4 Å². The minimum absolute atomic E-state index is 0.160. The number of pyridine rings is 2. The van der Waals surface area contributed by atoms with Gasteiger partial charge in [-0.25, -0.2) is 14.8 Å². The molecule has 0 saturated carbocycles. The van der Waals surface area contributed by atoms with Gasteiger partial charge in [0.1, 0.15) is 23.0 Å². The summed E-state index contributed by atoms with van der Waals surface area (Å²) in [7, 11) is 3.91. The fourth-order valence-corrected chi connectivity index (χ4v) is 5.41. The summed E-state index contributed by atoms with van der Waals surface area (Å²) in [5.74, 6) is 2.26. The molecule has 0 unspecified atom stereocenters. The highest BCUT2D eigenvalue weighted by atomic mass is 79.9. The maximum atomic E-state index is 12.8. The number of hydrogen-bond donors (Lipinski definition) is 2. The number of nitrogens with zero attached hydrogens (tertiary/aromatic N) is 6. The quantitative estimate of drug-likeness (QED) is 0.293. The van der Waals surface area contributed by atoms with Crippen LogP contribution in [0.4, 0.5) is 15.7 Å². The zero-order valence-electron chi connectivity index (χ0n) is 25.7. The number of likely N-dealkylation sites (N-methyl/N-ethyl adjacent to an activating group) is 1. The first-order valence-electron chi connectivity index (χ1n) is 14.1. The minimum Gasteiger partial charge on any atom is -0.454 e. The summed E-state index contributed by atoms with van der Waals surface area (Å²) in [5.41, 5.74) is 1.30. The standard InChI is InChI=1S/C29H39BrN8O4S/c1-17-20(26(39)31-10-13-37(6)7)15-32-18(2)24(17)41-22-14-23(33-16-21(22)30)34-27-35-25(36-43-27)19-8-11-38(12-9-19)28(40)42-29(3,4)5/h14-16,19H,8-13H2,1-7H3,(H,31,39)(H,33,34,35,36). The van der Waals surface area contributed by atoms with E-state index in [1.165, 1.54) is 11.5 Å². The Morgan fingerprint density at radius 1 is 1.16 bits per heavy atom. The van der Waals surface area contributed by atoms with Crippen molar-refractivity contribution in [2.75, 3.05) is 45.6 Å². The van der Waals surface area contributed by atoms with E-state index in [4.69, 9.17) is 14.5 Å². The third-order valence-corrected chi connectivity index (χ3v) is 8.01. The van der Waals surface area contributed by atoms with Crippen molar-refractivity contribution in [2.24, 2.45) is 0 Å². The highest BCUT2D eigenvalue weighted by Gasteiger charge is 2.29. The molecule has 0 aromatic carbocycles. The van der Waals surface area contributed by atoms with E-state index in [1.54, 1.807) is 23.4 Å². The summed E-state index contributed by atoms with van der Waals surface area (Å²) in [5, 5.41) is 6.76.